The van der Waals surface area contributed by atoms with Crippen LogP contribution in [0.2, 0.25) is 10.0 Å². The molecule has 1 atom stereocenters. The Morgan fingerprint density at radius 3 is 2.50 bits per heavy atom. The second-order valence-electron chi connectivity index (χ2n) is 6.86. The van der Waals surface area contributed by atoms with Crippen molar-refractivity contribution >= 4 is 40.9 Å². The Bertz CT molecular complexity index is 1110. The van der Waals surface area contributed by atoms with Crippen LogP contribution >= 0.6 is 35.0 Å². The number of methoxy groups -OCH3 is 2. The van der Waals surface area contributed by atoms with Crippen molar-refractivity contribution in [3.05, 3.63) is 46.4 Å². The molecule has 1 aromatic heterocycles. The maximum absolute atomic E-state index is 12.4. The van der Waals surface area contributed by atoms with Crippen LogP contribution in [-0.2, 0) is 4.79 Å². The van der Waals surface area contributed by atoms with Gasteiger partial charge in [0.1, 0.15) is 11.5 Å². The van der Waals surface area contributed by atoms with Gasteiger partial charge in [0, 0.05) is 11.6 Å². The summed E-state index contributed by atoms with van der Waals surface area (Å²) in [6.07, 6.45) is 0.863. The lowest BCUT2D eigenvalue weighted by Gasteiger charge is -2.15. The largest absolute Gasteiger partial charge is 0.496 e. The average Bonchev–Trinajstić information content (AvgIpc) is 3.20. The Kier molecular flexibility index (Phi) is 8.28. The first-order valence-electron chi connectivity index (χ1n) is 9.97. The number of hydrogen-bond donors (Lipinski definition) is 1. The van der Waals surface area contributed by atoms with Crippen LogP contribution in [0.25, 0.3) is 17.1 Å². The molecule has 7 nitrogen and oxygen atoms in total. The van der Waals surface area contributed by atoms with Gasteiger partial charge >= 0.3 is 0 Å². The molecule has 3 aromatic rings. The first kappa shape index (κ1) is 24.2. The molecule has 0 bridgehead atoms. The van der Waals surface area contributed by atoms with Crippen molar-refractivity contribution in [1.29, 1.82) is 0 Å². The molecular weight excluding hydrogens is 471 g/mol. The quantitative estimate of drug-likeness (QED) is 0.408. The van der Waals surface area contributed by atoms with Gasteiger partial charge < -0.3 is 14.8 Å². The fraction of sp³-hybridized carbons (Fsp3) is 0.318. The van der Waals surface area contributed by atoms with Gasteiger partial charge in [0.05, 0.1) is 35.7 Å². The van der Waals surface area contributed by atoms with Crippen LogP contribution in [0.3, 0.4) is 0 Å². The zero-order valence-corrected chi connectivity index (χ0v) is 20.5. The fourth-order valence-corrected chi connectivity index (χ4v) is 4.32. The number of benzene rings is 2. The van der Waals surface area contributed by atoms with Crippen molar-refractivity contribution in [2.45, 2.75) is 30.7 Å². The van der Waals surface area contributed by atoms with E-state index in [0.29, 0.717) is 50.3 Å². The number of nitrogens with one attached hydrogen (secondary N) is 1. The summed E-state index contributed by atoms with van der Waals surface area (Å²) in [7, 11) is 3.13. The van der Waals surface area contributed by atoms with Gasteiger partial charge in [-0.05, 0) is 49.7 Å². The van der Waals surface area contributed by atoms with Crippen LogP contribution < -0.4 is 14.8 Å². The number of aromatic nitrogens is 3. The van der Waals surface area contributed by atoms with Gasteiger partial charge in [0.25, 0.3) is 0 Å². The zero-order chi connectivity index (χ0) is 23.3. The molecule has 0 spiro atoms. The van der Waals surface area contributed by atoms with E-state index in [4.69, 9.17) is 32.7 Å². The number of ether oxygens (including phenoxy) is 2. The van der Waals surface area contributed by atoms with E-state index in [-0.39, 0.29) is 11.2 Å². The third kappa shape index (κ3) is 5.31. The fourth-order valence-electron chi connectivity index (χ4n) is 3.01. The average molecular weight is 495 g/mol. The predicted molar refractivity (Wildman–Crippen MR) is 129 cm³/mol. The SMILES string of the molecule is CCCNC(=O)C(C)Sc1nnc(-c2cc(Cl)ccc2OC)n1-c1ccc(OC)c(Cl)c1. The summed E-state index contributed by atoms with van der Waals surface area (Å²) in [5, 5.41) is 12.8. The monoisotopic (exact) mass is 494 g/mol. The summed E-state index contributed by atoms with van der Waals surface area (Å²) in [6, 6.07) is 10.6. The molecule has 0 saturated heterocycles. The molecule has 1 amide bonds. The van der Waals surface area contributed by atoms with Crippen molar-refractivity contribution in [2.75, 3.05) is 20.8 Å². The maximum atomic E-state index is 12.4. The minimum Gasteiger partial charge on any atom is -0.496 e. The number of thioether (sulfide) groups is 1. The van der Waals surface area contributed by atoms with Crippen LogP contribution in [0.1, 0.15) is 20.3 Å². The van der Waals surface area contributed by atoms with E-state index in [9.17, 15) is 4.79 Å². The van der Waals surface area contributed by atoms with Crippen LogP contribution in [0.5, 0.6) is 11.5 Å². The molecule has 0 fully saturated rings. The normalized spacial score (nSPS) is 11.8. The molecule has 1 unspecified atom stereocenters. The van der Waals surface area contributed by atoms with E-state index in [1.54, 1.807) is 44.6 Å². The Morgan fingerprint density at radius 2 is 1.84 bits per heavy atom. The minimum absolute atomic E-state index is 0.0685. The Morgan fingerprint density at radius 1 is 1.12 bits per heavy atom. The number of amides is 1. The summed E-state index contributed by atoms with van der Waals surface area (Å²) >= 11 is 14.0. The molecule has 0 aliphatic carbocycles. The van der Waals surface area contributed by atoms with E-state index in [1.165, 1.54) is 11.8 Å². The lowest BCUT2D eigenvalue weighted by Crippen LogP contribution is -2.31. The van der Waals surface area contributed by atoms with Crippen LogP contribution in [0.4, 0.5) is 0 Å². The van der Waals surface area contributed by atoms with Gasteiger partial charge in [-0.1, -0.05) is 41.9 Å². The Balaban J connectivity index is 2.12. The van der Waals surface area contributed by atoms with Crippen molar-refractivity contribution in [1.82, 2.24) is 20.1 Å². The van der Waals surface area contributed by atoms with E-state index in [0.717, 1.165) is 6.42 Å². The second-order valence-corrected chi connectivity index (χ2v) is 9.01. The topological polar surface area (TPSA) is 78.3 Å². The van der Waals surface area contributed by atoms with Gasteiger partial charge in [-0.25, -0.2) is 0 Å². The molecule has 0 saturated carbocycles. The highest BCUT2D eigenvalue weighted by molar-refractivity contribution is 8.00. The highest BCUT2D eigenvalue weighted by Crippen LogP contribution is 2.37. The Hall–Kier alpha value is -2.42. The number of rotatable bonds is 9. The minimum atomic E-state index is -0.382. The van der Waals surface area contributed by atoms with E-state index < -0.39 is 0 Å². The van der Waals surface area contributed by atoms with Crippen LogP contribution in [0.15, 0.2) is 41.6 Å². The summed E-state index contributed by atoms with van der Waals surface area (Å²) < 4.78 is 12.6. The van der Waals surface area contributed by atoms with E-state index >= 15 is 0 Å². The maximum Gasteiger partial charge on any atom is 0.233 e. The smallest absolute Gasteiger partial charge is 0.233 e. The molecule has 1 N–H and O–H groups in total. The predicted octanol–water partition coefficient (Wildman–Crippen LogP) is 5.27. The van der Waals surface area contributed by atoms with Gasteiger partial charge in [-0.15, -0.1) is 10.2 Å². The number of halogens is 2. The van der Waals surface area contributed by atoms with Gasteiger partial charge in [0.15, 0.2) is 11.0 Å². The first-order valence-corrected chi connectivity index (χ1v) is 11.6. The summed E-state index contributed by atoms with van der Waals surface area (Å²) in [5.41, 5.74) is 1.37. The van der Waals surface area contributed by atoms with Gasteiger partial charge in [0.2, 0.25) is 5.91 Å². The Labute approximate surface area is 201 Å². The molecule has 32 heavy (non-hydrogen) atoms. The van der Waals surface area contributed by atoms with Crippen molar-refractivity contribution in [3.8, 4) is 28.6 Å². The second kappa shape index (κ2) is 10.9. The summed E-state index contributed by atoms with van der Waals surface area (Å²) in [4.78, 5) is 12.4. The lowest BCUT2D eigenvalue weighted by molar-refractivity contribution is -0.120. The number of carbonyl (C=O) groups is 1. The number of nitrogens with zero attached hydrogens (tertiary/aromatic N) is 3. The van der Waals surface area contributed by atoms with Gasteiger partial charge in [-0.3, -0.25) is 9.36 Å². The third-order valence-electron chi connectivity index (χ3n) is 4.63. The van der Waals surface area contributed by atoms with E-state index in [2.05, 4.69) is 15.5 Å². The molecule has 0 radical (unpaired) electrons. The highest BCUT2D eigenvalue weighted by atomic mass is 35.5. The number of carbonyl (C=O) groups excluding carboxylic acids is 1. The van der Waals surface area contributed by atoms with Crippen molar-refractivity contribution in [2.24, 2.45) is 0 Å². The zero-order valence-electron chi connectivity index (χ0n) is 18.2. The summed E-state index contributed by atoms with van der Waals surface area (Å²) in [5.74, 6) is 1.58. The molecule has 0 aliphatic rings. The summed E-state index contributed by atoms with van der Waals surface area (Å²) in [6.45, 7) is 4.46. The highest BCUT2D eigenvalue weighted by Gasteiger charge is 2.24. The molecular formula is C22H24Cl2N4O3S. The van der Waals surface area contributed by atoms with E-state index in [1.807, 2.05) is 24.5 Å². The molecule has 170 valence electrons. The third-order valence-corrected chi connectivity index (χ3v) is 6.20. The molecule has 3 rings (SSSR count). The van der Waals surface area contributed by atoms with Crippen molar-refractivity contribution in [3.63, 3.8) is 0 Å². The van der Waals surface area contributed by atoms with Crippen molar-refractivity contribution < 1.29 is 14.3 Å². The van der Waals surface area contributed by atoms with Crippen LogP contribution in [-0.4, -0.2) is 46.7 Å². The molecule has 10 heteroatoms. The molecule has 2 aromatic carbocycles. The number of hydrogen-bond acceptors (Lipinski definition) is 6. The molecule has 0 aliphatic heterocycles. The first-order chi connectivity index (χ1) is 15.4. The van der Waals surface area contributed by atoms with Crippen LogP contribution in [0, 0.1) is 0 Å². The standard InChI is InChI=1S/C22H24Cl2N4O3S/c1-5-10-25-21(29)13(2)32-22-27-26-20(16-11-14(23)6-8-18(16)30-3)28(22)15-7-9-19(31-4)17(24)12-15/h6-9,11-13H,5,10H2,1-4H3,(H,25,29). The lowest BCUT2D eigenvalue weighted by atomic mass is 10.2. The van der Waals surface area contributed by atoms with Gasteiger partial charge in [-0.2, -0.15) is 0 Å². The molecule has 1 heterocycles.